The first-order valence-electron chi connectivity index (χ1n) is 25.3. The van der Waals surface area contributed by atoms with Gasteiger partial charge < -0.3 is 4.57 Å². The third kappa shape index (κ3) is 7.11. The summed E-state index contributed by atoms with van der Waals surface area (Å²) in [4.78, 5) is 5.89. The molecule has 1 aliphatic heterocycles. The Morgan fingerprint density at radius 3 is 2.16 bits per heavy atom. The third-order valence-corrected chi connectivity index (χ3v) is 16.3. The number of hydrogen-bond donors (Lipinski definition) is 0. The van der Waals surface area contributed by atoms with Crippen LogP contribution in [0, 0.1) is 17.8 Å². The van der Waals surface area contributed by atoms with Crippen LogP contribution in [0.5, 0.6) is 0 Å². The fourth-order valence-corrected chi connectivity index (χ4v) is 12.7. The van der Waals surface area contributed by atoms with Gasteiger partial charge in [0, 0.05) is 45.8 Å². The number of para-hydroxylation sites is 1. The van der Waals surface area contributed by atoms with E-state index in [0.29, 0.717) is 11.8 Å². The molecule has 2 heterocycles. The predicted octanol–water partition coefficient (Wildman–Crippen LogP) is 17.1. The fraction of sp³-hybridized carbons (Fsp3) is 0.227. The van der Waals surface area contributed by atoms with Gasteiger partial charge in [0.25, 0.3) is 0 Å². The SMILES string of the molecule is CCC1/C=C(/C2=CC(n3c4ccccc4c4c5c(ccc43)CCC(c3ccccc3)c3ccccc3-5)=CCC2)C(C)/C(C)=C(C(C)C2Cc3ccccc3-c3ccccc32)\N=C/1c1ccccc1. The van der Waals surface area contributed by atoms with Crippen molar-refractivity contribution >= 4 is 33.2 Å². The van der Waals surface area contributed by atoms with Crippen LogP contribution < -0.4 is 0 Å². The molecular weight excluding hydrogens is 821 g/mol. The van der Waals surface area contributed by atoms with Gasteiger partial charge in [0.2, 0.25) is 0 Å². The Hall–Kier alpha value is -7.03. The summed E-state index contributed by atoms with van der Waals surface area (Å²) >= 11 is 0. The molecule has 0 bridgehead atoms. The van der Waals surface area contributed by atoms with Crippen molar-refractivity contribution in [3.8, 4) is 22.3 Å². The van der Waals surface area contributed by atoms with Crippen molar-refractivity contribution in [2.45, 2.75) is 78.1 Å². The van der Waals surface area contributed by atoms with Gasteiger partial charge in [-0.05, 0) is 142 Å². The molecule has 8 aromatic rings. The van der Waals surface area contributed by atoms with Crippen LogP contribution in [-0.2, 0) is 12.8 Å². The van der Waals surface area contributed by atoms with E-state index in [0.717, 1.165) is 38.5 Å². The van der Waals surface area contributed by atoms with Crippen LogP contribution in [-0.4, -0.2) is 10.3 Å². The number of rotatable bonds is 7. The molecule has 2 heteroatoms. The van der Waals surface area contributed by atoms with Crippen LogP contribution in [0.25, 0.3) is 49.8 Å². The second-order valence-electron chi connectivity index (χ2n) is 19.9. The lowest BCUT2D eigenvalue weighted by Crippen LogP contribution is -2.25. The molecule has 5 unspecified atom stereocenters. The number of nitrogens with zero attached hydrogens (tertiary/aromatic N) is 2. The summed E-state index contributed by atoms with van der Waals surface area (Å²) in [5.74, 6) is 1.24. The molecule has 1 aromatic heterocycles. The highest BCUT2D eigenvalue weighted by Crippen LogP contribution is 2.50. The van der Waals surface area contributed by atoms with Crippen LogP contribution in [0.4, 0.5) is 0 Å². The van der Waals surface area contributed by atoms with Crippen LogP contribution in [0.1, 0.15) is 98.6 Å². The number of aliphatic imine (C=N–C) groups is 1. The molecule has 0 fully saturated rings. The van der Waals surface area contributed by atoms with Crippen molar-refractivity contribution < 1.29 is 0 Å². The highest BCUT2D eigenvalue weighted by molar-refractivity contribution is 6.17. The molecule has 68 heavy (non-hydrogen) atoms. The molecule has 0 amide bonds. The van der Waals surface area contributed by atoms with E-state index < -0.39 is 0 Å². The van der Waals surface area contributed by atoms with Crippen molar-refractivity contribution in [3.05, 3.63) is 244 Å². The Labute approximate surface area is 402 Å². The van der Waals surface area contributed by atoms with Gasteiger partial charge in [0.05, 0.1) is 16.7 Å². The quantitative estimate of drug-likeness (QED) is 0.152. The molecule has 2 nitrogen and oxygen atoms in total. The minimum Gasteiger partial charge on any atom is -0.310 e. The van der Waals surface area contributed by atoms with E-state index in [1.165, 1.54) is 111 Å². The lowest BCUT2D eigenvalue weighted by molar-refractivity contribution is 0.500. The molecule has 5 atom stereocenters. The van der Waals surface area contributed by atoms with Crippen LogP contribution in [0.2, 0.25) is 0 Å². The molecule has 0 saturated carbocycles. The number of fused-ring (bicyclic) bond motifs is 10. The lowest BCUT2D eigenvalue weighted by atomic mass is 9.71. The zero-order chi connectivity index (χ0) is 45.9. The average Bonchev–Trinajstić information content (AvgIpc) is 3.63. The molecule has 3 aliphatic carbocycles. The number of aromatic nitrogens is 1. The summed E-state index contributed by atoms with van der Waals surface area (Å²) in [5.41, 5.74) is 24.5. The van der Waals surface area contributed by atoms with Gasteiger partial charge >= 0.3 is 0 Å². The first-order chi connectivity index (χ1) is 33.5. The monoisotopic (exact) mass is 880 g/mol. The summed E-state index contributed by atoms with van der Waals surface area (Å²) in [6.07, 6.45) is 13.8. The summed E-state index contributed by atoms with van der Waals surface area (Å²) in [7, 11) is 0. The predicted molar refractivity (Wildman–Crippen MR) is 287 cm³/mol. The van der Waals surface area contributed by atoms with Gasteiger partial charge in [0.1, 0.15) is 0 Å². The van der Waals surface area contributed by atoms with Gasteiger partial charge in [0.15, 0.2) is 0 Å². The van der Waals surface area contributed by atoms with E-state index in [4.69, 9.17) is 4.99 Å². The number of aryl methyl sites for hydroxylation is 1. The molecule has 0 spiro atoms. The largest absolute Gasteiger partial charge is 0.310 e. The van der Waals surface area contributed by atoms with Gasteiger partial charge in [-0.3, -0.25) is 4.99 Å². The van der Waals surface area contributed by atoms with Crippen molar-refractivity contribution in [1.29, 1.82) is 0 Å². The Bertz CT molecular complexity index is 3410. The Balaban J connectivity index is 0.997. The standard InChI is InChI=1S/C66H60N2/c1-5-45-40-59(42(2)43(3)65(67-66(45)48-23-10-7-11-24-48)44(4)60-41-50-25-12-13-28-52(50)54-29-14-15-31-56(54)60)49-26-20-27-51(39-49)68-61-34-19-18-33-58(61)64-62(68)38-36-47-35-37-53(46-21-8-6-9-22-46)55-30-16-17-32-57(55)63(47)64/h6-19,21-25,27-34,36,38-40,42,44-45,53,60H,5,20,26,35,37,41H2,1-4H3/b59-40+,65-43-,67-66+. The zero-order valence-corrected chi connectivity index (χ0v) is 39.9. The normalized spacial score (nSPS) is 23.2. The summed E-state index contributed by atoms with van der Waals surface area (Å²) in [5, 5.41) is 2.70. The van der Waals surface area contributed by atoms with Crippen molar-refractivity contribution in [3.63, 3.8) is 0 Å². The van der Waals surface area contributed by atoms with E-state index >= 15 is 0 Å². The van der Waals surface area contributed by atoms with Crippen molar-refractivity contribution in [1.82, 2.24) is 4.57 Å². The van der Waals surface area contributed by atoms with Crippen LogP contribution in [0.3, 0.4) is 0 Å². The molecule has 0 radical (unpaired) electrons. The maximum absolute atomic E-state index is 5.89. The van der Waals surface area contributed by atoms with Crippen molar-refractivity contribution in [2.75, 3.05) is 0 Å². The number of benzene rings is 7. The Kier molecular flexibility index (Phi) is 10.9. The lowest BCUT2D eigenvalue weighted by Gasteiger charge is -2.35. The van der Waals surface area contributed by atoms with Gasteiger partial charge in [-0.1, -0.05) is 191 Å². The fourth-order valence-electron chi connectivity index (χ4n) is 12.7. The maximum atomic E-state index is 5.89. The second-order valence-corrected chi connectivity index (χ2v) is 19.9. The highest BCUT2D eigenvalue weighted by Gasteiger charge is 2.35. The summed E-state index contributed by atoms with van der Waals surface area (Å²) < 4.78 is 2.59. The van der Waals surface area contributed by atoms with E-state index in [-0.39, 0.29) is 17.8 Å². The van der Waals surface area contributed by atoms with Gasteiger partial charge in [-0.25, -0.2) is 0 Å². The second kappa shape index (κ2) is 17.6. The number of allylic oxidation sites excluding steroid dienone is 8. The van der Waals surface area contributed by atoms with E-state index in [2.05, 4.69) is 220 Å². The van der Waals surface area contributed by atoms with E-state index in [9.17, 15) is 0 Å². The minimum absolute atomic E-state index is 0.170. The maximum Gasteiger partial charge on any atom is 0.0547 e. The molecule has 0 saturated heterocycles. The molecule has 7 aromatic carbocycles. The minimum atomic E-state index is 0.170. The van der Waals surface area contributed by atoms with Crippen LogP contribution >= 0.6 is 0 Å². The Morgan fingerprint density at radius 1 is 0.662 bits per heavy atom. The van der Waals surface area contributed by atoms with E-state index in [1.54, 1.807) is 0 Å². The van der Waals surface area contributed by atoms with Crippen molar-refractivity contribution in [2.24, 2.45) is 22.7 Å². The first kappa shape index (κ1) is 42.3. The summed E-state index contributed by atoms with van der Waals surface area (Å²) in [6.45, 7) is 9.66. The summed E-state index contributed by atoms with van der Waals surface area (Å²) in [6, 6.07) is 63.6. The highest BCUT2D eigenvalue weighted by atomic mass is 15.0. The molecule has 0 N–H and O–H groups in total. The topological polar surface area (TPSA) is 17.3 Å². The number of hydrogen-bond acceptors (Lipinski definition) is 1. The molecule has 4 aliphatic rings. The molecule has 12 rings (SSSR count). The third-order valence-electron chi connectivity index (χ3n) is 16.3. The first-order valence-corrected chi connectivity index (χ1v) is 25.3. The zero-order valence-electron chi connectivity index (χ0n) is 39.9. The molecular formula is C66H60N2. The van der Waals surface area contributed by atoms with E-state index in [1.807, 2.05) is 0 Å². The van der Waals surface area contributed by atoms with Gasteiger partial charge in [-0.2, -0.15) is 0 Å². The molecule has 334 valence electrons. The average molecular weight is 881 g/mol. The Morgan fingerprint density at radius 2 is 1.35 bits per heavy atom. The smallest absolute Gasteiger partial charge is 0.0547 e. The van der Waals surface area contributed by atoms with Gasteiger partial charge in [-0.15, -0.1) is 0 Å². The van der Waals surface area contributed by atoms with Crippen LogP contribution in [0.15, 0.2) is 215 Å².